The van der Waals surface area contributed by atoms with Gasteiger partial charge >= 0.3 is 5.97 Å². The molecular formula is C28H29ClN2O5. The van der Waals surface area contributed by atoms with Gasteiger partial charge in [0, 0.05) is 0 Å². The maximum atomic E-state index is 12.5. The van der Waals surface area contributed by atoms with Crippen LogP contribution in [0.4, 0.5) is 0 Å². The summed E-state index contributed by atoms with van der Waals surface area (Å²) in [7, 11) is 0. The molecule has 0 aromatic heterocycles. The lowest BCUT2D eigenvalue weighted by atomic mass is 10.0. The van der Waals surface area contributed by atoms with E-state index in [9.17, 15) is 9.59 Å². The molecule has 0 saturated carbocycles. The first-order valence-corrected chi connectivity index (χ1v) is 11.9. The number of aryl methyl sites for hydroxylation is 1. The molecule has 0 heterocycles. The molecule has 8 heteroatoms. The molecule has 1 amide bonds. The number of hydrazone groups is 1. The second-order valence-electron chi connectivity index (χ2n) is 8.29. The highest BCUT2D eigenvalue weighted by Gasteiger charge is 2.16. The lowest BCUT2D eigenvalue weighted by Crippen LogP contribution is -2.25. The van der Waals surface area contributed by atoms with Gasteiger partial charge in [0.15, 0.2) is 18.1 Å². The van der Waals surface area contributed by atoms with Crippen molar-refractivity contribution < 1.29 is 23.8 Å². The minimum atomic E-state index is -0.593. The molecule has 0 aliphatic heterocycles. The first kappa shape index (κ1) is 26.8. The summed E-state index contributed by atoms with van der Waals surface area (Å²) in [4.78, 5) is 24.8. The predicted octanol–water partition coefficient (Wildman–Crippen LogP) is 5.92. The van der Waals surface area contributed by atoms with E-state index in [0.29, 0.717) is 28.7 Å². The van der Waals surface area contributed by atoms with Gasteiger partial charge in [-0.3, -0.25) is 4.79 Å². The van der Waals surface area contributed by atoms with Gasteiger partial charge in [-0.05, 0) is 72.9 Å². The zero-order chi connectivity index (χ0) is 26.1. The van der Waals surface area contributed by atoms with Crippen molar-refractivity contribution >= 4 is 29.7 Å². The van der Waals surface area contributed by atoms with Gasteiger partial charge in [-0.15, -0.1) is 0 Å². The van der Waals surface area contributed by atoms with Gasteiger partial charge in [-0.1, -0.05) is 49.7 Å². The van der Waals surface area contributed by atoms with E-state index >= 15 is 0 Å². The topological polar surface area (TPSA) is 86.2 Å². The number of rotatable bonds is 10. The smallest absolute Gasteiger partial charge is 0.345 e. The van der Waals surface area contributed by atoms with Crippen LogP contribution in [-0.4, -0.2) is 31.3 Å². The van der Waals surface area contributed by atoms with Gasteiger partial charge in [0.2, 0.25) is 0 Å². The highest BCUT2D eigenvalue weighted by molar-refractivity contribution is 6.33. The average Bonchev–Trinajstić information content (AvgIpc) is 2.84. The van der Waals surface area contributed by atoms with Crippen LogP contribution in [0, 0.1) is 6.92 Å². The number of halogens is 1. The summed E-state index contributed by atoms with van der Waals surface area (Å²) in [6.07, 6.45) is 1.46. The molecule has 0 fully saturated rings. The van der Waals surface area contributed by atoms with Crippen LogP contribution in [0.15, 0.2) is 65.8 Å². The Morgan fingerprint density at radius 2 is 1.78 bits per heavy atom. The fourth-order valence-corrected chi connectivity index (χ4v) is 3.55. The highest BCUT2D eigenvalue weighted by Crippen LogP contribution is 2.30. The van der Waals surface area contributed by atoms with Crippen LogP contribution in [0.2, 0.25) is 5.02 Å². The first-order chi connectivity index (χ1) is 17.3. The average molecular weight is 509 g/mol. The van der Waals surface area contributed by atoms with Crippen LogP contribution < -0.4 is 19.6 Å². The Hall–Kier alpha value is -3.84. The molecule has 0 saturated heterocycles. The van der Waals surface area contributed by atoms with Crippen molar-refractivity contribution in [1.82, 2.24) is 5.43 Å². The van der Waals surface area contributed by atoms with Gasteiger partial charge in [-0.25, -0.2) is 10.2 Å². The van der Waals surface area contributed by atoms with Crippen molar-refractivity contribution in [2.75, 3.05) is 13.2 Å². The van der Waals surface area contributed by atoms with E-state index in [0.717, 1.165) is 11.1 Å². The van der Waals surface area contributed by atoms with E-state index in [1.807, 2.05) is 32.0 Å². The summed E-state index contributed by atoms with van der Waals surface area (Å²) < 4.78 is 16.8. The zero-order valence-corrected chi connectivity index (χ0v) is 21.5. The molecule has 188 valence electrons. The third-order valence-electron chi connectivity index (χ3n) is 5.12. The van der Waals surface area contributed by atoms with E-state index in [4.69, 9.17) is 25.8 Å². The molecule has 36 heavy (non-hydrogen) atoms. The number of nitrogens with one attached hydrogen (secondary N) is 1. The summed E-state index contributed by atoms with van der Waals surface area (Å²) in [6.45, 7) is 8.13. The molecule has 0 radical (unpaired) electrons. The molecule has 1 N–H and O–H groups in total. The maximum Gasteiger partial charge on any atom is 0.345 e. The van der Waals surface area contributed by atoms with Crippen LogP contribution in [-0.2, 0) is 4.79 Å². The number of hydrogen-bond acceptors (Lipinski definition) is 6. The summed E-state index contributed by atoms with van der Waals surface area (Å²) in [5.74, 6) is 0.579. The number of esters is 1. The minimum absolute atomic E-state index is 0.165. The van der Waals surface area contributed by atoms with Gasteiger partial charge in [0.1, 0.15) is 5.75 Å². The minimum Gasteiger partial charge on any atom is -0.490 e. The number of hydrogen-bond donors (Lipinski definition) is 1. The highest BCUT2D eigenvalue weighted by atomic mass is 35.5. The Morgan fingerprint density at radius 1 is 1.00 bits per heavy atom. The Labute approximate surface area is 216 Å². The summed E-state index contributed by atoms with van der Waals surface area (Å²) in [5.41, 5.74) is 5.44. The number of nitrogens with zero attached hydrogens (tertiary/aromatic N) is 1. The molecule has 7 nitrogen and oxygen atoms in total. The van der Waals surface area contributed by atoms with Crippen molar-refractivity contribution in [2.45, 2.75) is 33.6 Å². The van der Waals surface area contributed by atoms with Crippen molar-refractivity contribution in [3.05, 3.63) is 87.9 Å². The molecule has 0 aliphatic carbocycles. The number of ether oxygens (including phenoxy) is 3. The molecule has 0 atom stereocenters. The maximum absolute atomic E-state index is 12.5. The largest absolute Gasteiger partial charge is 0.490 e. The Bertz CT molecular complexity index is 1260. The Kier molecular flexibility index (Phi) is 9.47. The zero-order valence-electron chi connectivity index (χ0n) is 20.7. The normalized spacial score (nSPS) is 10.9. The lowest BCUT2D eigenvalue weighted by molar-refractivity contribution is -0.123. The summed E-state index contributed by atoms with van der Waals surface area (Å²) in [6, 6.07) is 17.5. The SMILES string of the molecule is CCOc1cc(/C=N\NC(=O)COc2cc(C)ccc2C(C)C)ccc1OC(=O)c1ccccc1Cl. The number of benzene rings is 3. The molecule has 0 bridgehead atoms. The van der Waals surface area contributed by atoms with E-state index in [2.05, 4.69) is 24.4 Å². The monoisotopic (exact) mass is 508 g/mol. The van der Waals surface area contributed by atoms with Gasteiger partial charge in [0.25, 0.3) is 5.91 Å². The van der Waals surface area contributed by atoms with Crippen LogP contribution >= 0.6 is 11.6 Å². The molecular weight excluding hydrogens is 480 g/mol. The first-order valence-electron chi connectivity index (χ1n) is 11.6. The van der Waals surface area contributed by atoms with Crippen LogP contribution in [0.3, 0.4) is 0 Å². The second kappa shape index (κ2) is 12.7. The van der Waals surface area contributed by atoms with E-state index in [1.54, 1.807) is 42.5 Å². The van der Waals surface area contributed by atoms with E-state index in [1.165, 1.54) is 6.21 Å². The van der Waals surface area contributed by atoms with Crippen molar-refractivity contribution in [3.63, 3.8) is 0 Å². The number of amides is 1. The Morgan fingerprint density at radius 3 is 2.50 bits per heavy atom. The van der Waals surface area contributed by atoms with Gasteiger partial charge < -0.3 is 14.2 Å². The molecule has 0 aliphatic rings. The standard InChI is InChI=1S/C28H29ClN2O5/c1-5-34-26-15-20(11-13-24(26)36-28(33)22-8-6-7-9-23(22)29)16-30-31-27(32)17-35-25-14-19(4)10-12-21(25)18(2)3/h6-16,18H,5,17H2,1-4H3,(H,31,32)/b30-16-. The fraction of sp³-hybridized carbons (Fsp3) is 0.250. The van der Waals surface area contributed by atoms with Crippen molar-refractivity contribution in [3.8, 4) is 17.2 Å². The van der Waals surface area contributed by atoms with E-state index < -0.39 is 11.9 Å². The second-order valence-corrected chi connectivity index (χ2v) is 8.69. The number of carbonyl (C=O) groups excluding carboxylic acids is 2. The fourth-order valence-electron chi connectivity index (χ4n) is 3.34. The van der Waals surface area contributed by atoms with Crippen LogP contribution in [0.5, 0.6) is 17.2 Å². The molecule has 0 unspecified atom stereocenters. The summed E-state index contributed by atoms with van der Waals surface area (Å²) in [5, 5.41) is 4.29. The van der Waals surface area contributed by atoms with Crippen LogP contribution in [0.1, 0.15) is 53.7 Å². The van der Waals surface area contributed by atoms with Crippen molar-refractivity contribution in [2.24, 2.45) is 5.10 Å². The van der Waals surface area contributed by atoms with Crippen LogP contribution in [0.25, 0.3) is 0 Å². The quantitative estimate of drug-likeness (QED) is 0.159. The summed E-state index contributed by atoms with van der Waals surface area (Å²) >= 11 is 6.09. The third kappa shape index (κ3) is 7.33. The molecule has 0 spiro atoms. The lowest BCUT2D eigenvalue weighted by Gasteiger charge is -2.14. The third-order valence-corrected chi connectivity index (χ3v) is 5.45. The van der Waals surface area contributed by atoms with Gasteiger partial charge in [-0.2, -0.15) is 5.10 Å². The molecule has 3 aromatic carbocycles. The Balaban J connectivity index is 1.62. The van der Waals surface area contributed by atoms with Gasteiger partial charge in [0.05, 0.1) is 23.4 Å². The molecule has 3 aromatic rings. The number of carbonyl (C=O) groups is 2. The molecule has 3 rings (SSSR count). The van der Waals surface area contributed by atoms with Crippen molar-refractivity contribution in [1.29, 1.82) is 0 Å². The predicted molar refractivity (Wildman–Crippen MR) is 141 cm³/mol. The van der Waals surface area contributed by atoms with E-state index in [-0.39, 0.29) is 23.8 Å².